The van der Waals surface area contributed by atoms with E-state index in [1.807, 2.05) is 42.7 Å². The van der Waals surface area contributed by atoms with Crippen LogP contribution in [0, 0.1) is 0 Å². The van der Waals surface area contributed by atoms with E-state index in [1.165, 1.54) is 16.7 Å². The fourth-order valence-electron chi connectivity index (χ4n) is 4.16. The molecule has 4 aromatic rings. The van der Waals surface area contributed by atoms with Crippen LogP contribution in [0.15, 0.2) is 79.1 Å². The summed E-state index contributed by atoms with van der Waals surface area (Å²) in [6.45, 7) is 0.668. The minimum Gasteiger partial charge on any atom is -0.478 e. The maximum Gasteiger partial charge on any atom is 0.335 e. The summed E-state index contributed by atoms with van der Waals surface area (Å²) in [4.78, 5) is 16.1. The highest BCUT2D eigenvalue weighted by atomic mass is 16.4. The summed E-state index contributed by atoms with van der Waals surface area (Å²) in [5, 5.41) is 9.50. The van der Waals surface area contributed by atoms with Crippen LogP contribution in [0.2, 0.25) is 0 Å². The van der Waals surface area contributed by atoms with Crippen molar-refractivity contribution in [1.82, 2.24) is 9.55 Å². The van der Waals surface area contributed by atoms with Crippen molar-refractivity contribution in [2.45, 2.75) is 19.4 Å². The summed E-state index contributed by atoms with van der Waals surface area (Å²) in [5.74, 6) is -0.898. The van der Waals surface area contributed by atoms with E-state index in [0.717, 1.165) is 35.0 Å². The number of nitrogens with zero attached hydrogens (tertiary/aromatic N) is 2. The second-order valence-corrected chi connectivity index (χ2v) is 7.34. The number of aromatic carboxylic acids is 1. The van der Waals surface area contributed by atoms with Gasteiger partial charge in [-0.1, -0.05) is 48.5 Å². The molecule has 4 heteroatoms. The average molecular weight is 380 g/mol. The van der Waals surface area contributed by atoms with E-state index in [4.69, 9.17) is 0 Å². The van der Waals surface area contributed by atoms with Crippen LogP contribution in [-0.2, 0) is 19.4 Å². The molecule has 0 saturated carbocycles. The summed E-state index contributed by atoms with van der Waals surface area (Å²) in [5.41, 5.74) is 8.15. The first-order valence-electron chi connectivity index (χ1n) is 9.75. The van der Waals surface area contributed by atoms with E-state index >= 15 is 0 Å². The van der Waals surface area contributed by atoms with E-state index < -0.39 is 5.97 Å². The average Bonchev–Trinajstić information content (AvgIpc) is 3.09. The SMILES string of the molecule is O=C(O)c1ccc2c(c1)/C(=C\Cn1cnc3ccccc31)c1ccccc1CC2. The zero-order chi connectivity index (χ0) is 19.8. The second kappa shape index (κ2) is 7.06. The Balaban J connectivity index is 1.66. The van der Waals surface area contributed by atoms with E-state index in [0.29, 0.717) is 12.1 Å². The lowest BCUT2D eigenvalue weighted by atomic mass is 9.92. The Morgan fingerprint density at radius 3 is 2.59 bits per heavy atom. The lowest BCUT2D eigenvalue weighted by Crippen LogP contribution is -2.01. The van der Waals surface area contributed by atoms with Crippen LogP contribution >= 0.6 is 0 Å². The number of carboxylic acid groups (broad SMARTS) is 1. The molecule has 1 aromatic heterocycles. The molecular weight excluding hydrogens is 360 g/mol. The molecule has 1 aliphatic rings. The van der Waals surface area contributed by atoms with Crippen LogP contribution in [0.25, 0.3) is 16.6 Å². The van der Waals surface area contributed by atoms with Crippen molar-refractivity contribution in [2.24, 2.45) is 0 Å². The summed E-state index contributed by atoms with van der Waals surface area (Å²) in [7, 11) is 0. The summed E-state index contributed by atoms with van der Waals surface area (Å²) >= 11 is 0. The topological polar surface area (TPSA) is 55.1 Å². The molecule has 0 unspecified atom stereocenters. The molecule has 0 aliphatic heterocycles. The maximum atomic E-state index is 11.6. The third-order valence-electron chi connectivity index (χ3n) is 5.64. The van der Waals surface area contributed by atoms with E-state index in [9.17, 15) is 9.90 Å². The van der Waals surface area contributed by atoms with Crippen LogP contribution < -0.4 is 0 Å². The second-order valence-electron chi connectivity index (χ2n) is 7.34. The molecule has 1 aliphatic carbocycles. The van der Waals surface area contributed by atoms with Gasteiger partial charge < -0.3 is 9.67 Å². The Morgan fingerprint density at radius 2 is 1.72 bits per heavy atom. The highest BCUT2D eigenvalue weighted by Crippen LogP contribution is 2.34. The molecule has 4 nitrogen and oxygen atoms in total. The number of rotatable bonds is 3. The summed E-state index contributed by atoms with van der Waals surface area (Å²) in [6, 6.07) is 22.0. The predicted octanol–water partition coefficient (Wildman–Crippen LogP) is 4.97. The molecule has 29 heavy (non-hydrogen) atoms. The van der Waals surface area contributed by atoms with Crippen molar-refractivity contribution in [3.8, 4) is 0 Å². The standard InChI is InChI=1S/C25H20N2O2/c28-25(29)19-12-11-18-10-9-17-5-1-2-6-20(17)21(22(18)15-19)13-14-27-16-26-23-7-3-4-8-24(23)27/h1-8,11-13,15-16H,9-10,14H2,(H,28,29)/b21-13-. The van der Waals surface area contributed by atoms with Gasteiger partial charge in [0, 0.05) is 6.54 Å². The van der Waals surface area contributed by atoms with Crippen LogP contribution in [0.1, 0.15) is 32.6 Å². The summed E-state index contributed by atoms with van der Waals surface area (Å²) in [6.07, 6.45) is 5.90. The van der Waals surface area contributed by atoms with Gasteiger partial charge in [-0.3, -0.25) is 0 Å². The normalized spacial score (nSPS) is 14.4. The number of aryl methyl sites for hydroxylation is 2. The van der Waals surface area contributed by atoms with Crippen LogP contribution in [0.4, 0.5) is 0 Å². The Morgan fingerprint density at radius 1 is 0.966 bits per heavy atom. The smallest absolute Gasteiger partial charge is 0.335 e. The van der Waals surface area contributed by atoms with Crippen LogP contribution in [0.3, 0.4) is 0 Å². The summed E-state index contributed by atoms with van der Waals surface area (Å²) < 4.78 is 2.12. The maximum absolute atomic E-state index is 11.6. The molecule has 0 spiro atoms. The molecular formula is C25H20N2O2. The number of fused-ring (bicyclic) bond motifs is 3. The number of aromatic nitrogens is 2. The number of hydrogen-bond acceptors (Lipinski definition) is 2. The van der Waals surface area contributed by atoms with Crippen LogP contribution in [0.5, 0.6) is 0 Å². The van der Waals surface area contributed by atoms with E-state index in [1.54, 1.807) is 6.07 Å². The highest BCUT2D eigenvalue weighted by Gasteiger charge is 2.19. The molecule has 0 bridgehead atoms. The molecule has 1 heterocycles. The van der Waals surface area contributed by atoms with Gasteiger partial charge in [0.15, 0.2) is 0 Å². The van der Waals surface area contributed by atoms with Gasteiger partial charge in [-0.25, -0.2) is 9.78 Å². The van der Waals surface area contributed by atoms with Gasteiger partial charge in [0.1, 0.15) is 0 Å². The van der Waals surface area contributed by atoms with Crippen molar-refractivity contribution in [1.29, 1.82) is 0 Å². The number of benzene rings is 3. The number of hydrogen-bond donors (Lipinski definition) is 1. The molecule has 5 rings (SSSR count). The monoisotopic (exact) mass is 380 g/mol. The lowest BCUT2D eigenvalue weighted by Gasteiger charge is -2.13. The van der Waals surface area contributed by atoms with Crippen LogP contribution in [-0.4, -0.2) is 20.6 Å². The van der Waals surface area contributed by atoms with Gasteiger partial charge in [0.2, 0.25) is 0 Å². The van der Waals surface area contributed by atoms with Crippen molar-refractivity contribution < 1.29 is 9.90 Å². The van der Waals surface area contributed by atoms with Gasteiger partial charge in [-0.05, 0) is 64.9 Å². The Kier molecular flexibility index (Phi) is 4.24. The van der Waals surface area contributed by atoms with Crippen molar-refractivity contribution in [3.05, 3.63) is 107 Å². The first-order valence-corrected chi connectivity index (χ1v) is 9.75. The first-order chi connectivity index (χ1) is 14.2. The third kappa shape index (κ3) is 3.13. The molecule has 0 radical (unpaired) electrons. The molecule has 142 valence electrons. The minimum atomic E-state index is -0.898. The van der Waals surface area contributed by atoms with Gasteiger partial charge >= 0.3 is 5.97 Å². The molecule has 3 aromatic carbocycles. The number of imidazole rings is 1. The highest BCUT2D eigenvalue weighted by molar-refractivity contribution is 5.91. The van der Waals surface area contributed by atoms with Gasteiger partial charge in [-0.15, -0.1) is 0 Å². The Bertz CT molecular complexity index is 1270. The first kappa shape index (κ1) is 17.4. The molecule has 0 atom stereocenters. The number of para-hydroxylation sites is 2. The van der Waals surface area contributed by atoms with Gasteiger partial charge in [0.05, 0.1) is 22.9 Å². The molecule has 0 amide bonds. The quantitative estimate of drug-likeness (QED) is 0.546. The third-order valence-corrected chi connectivity index (χ3v) is 5.64. The van der Waals surface area contributed by atoms with E-state index in [-0.39, 0.29) is 0 Å². The number of carboxylic acids is 1. The predicted molar refractivity (Wildman–Crippen MR) is 114 cm³/mol. The van der Waals surface area contributed by atoms with Gasteiger partial charge in [0.25, 0.3) is 0 Å². The zero-order valence-corrected chi connectivity index (χ0v) is 15.9. The largest absolute Gasteiger partial charge is 0.478 e. The molecule has 0 fully saturated rings. The van der Waals surface area contributed by atoms with Crippen molar-refractivity contribution in [3.63, 3.8) is 0 Å². The Hall–Kier alpha value is -3.66. The van der Waals surface area contributed by atoms with Crippen molar-refractivity contribution >= 4 is 22.6 Å². The fraction of sp³-hybridized carbons (Fsp3) is 0.120. The number of carbonyl (C=O) groups is 1. The minimum absolute atomic E-state index is 0.321. The molecule has 1 N–H and O–H groups in total. The van der Waals surface area contributed by atoms with Crippen molar-refractivity contribution in [2.75, 3.05) is 0 Å². The lowest BCUT2D eigenvalue weighted by molar-refractivity contribution is 0.0697. The van der Waals surface area contributed by atoms with E-state index in [2.05, 4.69) is 39.9 Å². The number of allylic oxidation sites excluding steroid dienone is 1. The van der Waals surface area contributed by atoms with Gasteiger partial charge in [-0.2, -0.15) is 0 Å². The fourth-order valence-corrected chi connectivity index (χ4v) is 4.16. The Labute approximate surface area is 168 Å². The zero-order valence-electron chi connectivity index (χ0n) is 15.9. The molecule has 0 saturated heterocycles.